The highest BCUT2D eigenvalue weighted by atomic mass is 127. The number of ether oxygens (including phenoxy) is 1. The third-order valence-corrected chi connectivity index (χ3v) is 5.79. The number of nitrogens with zero attached hydrogens (tertiary/aromatic N) is 3. The summed E-state index contributed by atoms with van der Waals surface area (Å²) in [5.74, 6) is 0.911. The number of hydrogen-bond donors (Lipinski definition) is 2. The monoisotopic (exact) mass is 515 g/mol. The van der Waals surface area contributed by atoms with Crippen molar-refractivity contribution in [3.05, 3.63) is 35.9 Å². The van der Waals surface area contributed by atoms with E-state index in [0.717, 1.165) is 51.3 Å². The number of halogens is 1. The van der Waals surface area contributed by atoms with Crippen molar-refractivity contribution in [3.8, 4) is 0 Å². The molecule has 1 heterocycles. The SMILES string of the molecule is CN=C(NCCN(CCOC)C1CC1)NCC1CCCN1Cc1ccccc1.I. The van der Waals surface area contributed by atoms with Gasteiger partial charge in [0.05, 0.1) is 6.61 Å². The third kappa shape index (κ3) is 8.39. The van der Waals surface area contributed by atoms with Crippen LogP contribution in [0.2, 0.25) is 0 Å². The molecule has 1 aliphatic heterocycles. The van der Waals surface area contributed by atoms with E-state index in [2.05, 4.69) is 55.8 Å². The summed E-state index contributed by atoms with van der Waals surface area (Å²) < 4.78 is 5.24. The first-order valence-electron chi connectivity index (χ1n) is 10.8. The van der Waals surface area contributed by atoms with Gasteiger partial charge in [0, 0.05) is 59.0 Å². The van der Waals surface area contributed by atoms with Crippen molar-refractivity contribution in [1.82, 2.24) is 20.4 Å². The maximum Gasteiger partial charge on any atom is 0.191 e. The summed E-state index contributed by atoms with van der Waals surface area (Å²) in [7, 11) is 3.63. The Morgan fingerprint density at radius 1 is 1.17 bits per heavy atom. The Labute approximate surface area is 193 Å². The molecule has 2 N–H and O–H groups in total. The summed E-state index contributed by atoms with van der Waals surface area (Å²) in [5.41, 5.74) is 1.40. The summed E-state index contributed by atoms with van der Waals surface area (Å²) >= 11 is 0. The molecule has 3 rings (SSSR count). The van der Waals surface area contributed by atoms with E-state index in [4.69, 9.17) is 4.74 Å². The first-order valence-corrected chi connectivity index (χ1v) is 10.8. The predicted octanol–water partition coefficient (Wildman–Crippen LogP) is 2.54. The molecule has 7 heteroatoms. The van der Waals surface area contributed by atoms with Gasteiger partial charge in [0.1, 0.15) is 0 Å². The minimum absolute atomic E-state index is 0. The molecule has 1 aromatic rings. The number of nitrogens with one attached hydrogen (secondary N) is 2. The van der Waals surface area contributed by atoms with Crippen LogP contribution in [0, 0.1) is 0 Å². The van der Waals surface area contributed by atoms with Gasteiger partial charge in [0.2, 0.25) is 0 Å². The van der Waals surface area contributed by atoms with Gasteiger partial charge in [-0.1, -0.05) is 30.3 Å². The average molecular weight is 515 g/mol. The molecule has 1 saturated carbocycles. The van der Waals surface area contributed by atoms with Crippen molar-refractivity contribution < 1.29 is 4.74 Å². The summed E-state index contributed by atoms with van der Waals surface area (Å²) in [5, 5.41) is 7.03. The Hall–Kier alpha value is -0.900. The lowest BCUT2D eigenvalue weighted by molar-refractivity contribution is 0.144. The normalized spacial score (nSPS) is 20.0. The number of aliphatic imine (C=N–C) groups is 1. The lowest BCUT2D eigenvalue weighted by atomic mass is 10.2. The molecule has 0 spiro atoms. The molecule has 0 aromatic heterocycles. The topological polar surface area (TPSA) is 52.1 Å². The molecule has 0 amide bonds. The van der Waals surface area contributed by atoms with Gasteiger partial charge >= 0.3 is 0 Å². The lowest BCUT2D eigenvalue weighted by Crippen LogP contribution is -2.46. The molecular formula is C22H38IN5O. The smallest absolute Gasteiger partial charge is 0.191 e. The Bertz CT molecular complexity index is 596. The summed E-state index contributed by atoms with van der Waals surface area (Å²) in [6.07, 6.45) is 5.19. The number of methoxy groups -OCH3 is 1. The van der Waals surface area contributed by atoms with Crippen molar-refractivity contribution in [1.29, 1.82) is 0 Å². The molecule has 29 heavy (non-hydrogen) atoms. The molecule has 0 bridgehead atoms. The number of benzene rings is 1. The fourth-order valence-corrected chi connectivity index (χ4v) is 4.03. The van der Waals surface area contributed by atoms with Crippen LogP contribution in [0.4, 0.5) is 0 Å². The zero-order chi connectivity index (χ0) is 19.6. The number of guanidine groups is 1. The molecular weight excluding hydrogens is 477 g/mol. The van der Waals surface area contributed by atoms with Gasteiger partial charge in [-0.2, -0.15) is 0 Å². The van der Waals surface area contributed by atoms with Crippen molar-refractivity contribution in [3.63, 3.8) is 0 Å². The second-order valence-corrected chi connectivity index (χ2v) is 7.89. The molecule has 1 unspecified atom stereocenters. The first-order chi connectivity index (χ1) is 13.8. The van der Waals surface area contributed by atoms with E-state index >= 15 is 0 Å². The predicted molar refractivity (Wildman–Crippen MR) is 131 cm³/mol. The zero-order valence-corrected chi connectivity index (χ0v) is 20.3. The van der Waals surface area contributed by atoms with Crippen LogP contribution in [0.25, 0.3) is 0 Å². The molecule has 1 aliphatic carbocycles. The van der Waals surface area contributed by atoms with Crippen LogP contribution in [0.3, 0.4) is 0 Å². The van der Waals surface area contributed by atoms with Gasteiger partial charge in [-0.25, -0.2) is 0 Å². The Balaban J connectivity index is 0.00000300. The van der Waals surface area contributed by atoms with Crippen molar-refractivity contribution in [2.45, 2.75) is 44.3 Å². The van der Waals surface area contributed by atoms with Crippen LogP contribution in [-0.2, 0) is 11.3 Å². The van der Waals surface area contributed by atoms with E-state index in [-0.39, 0.29) is 24.0 Å². The van der Waals surface area contributed by atoms with Gasteiger partial charge in [0.15, 0.2) is 5.96 Å². The van der Waals surface area contributed by atoms with Crippen LogP contribution >= 0.6 is 24.0 Å². The number of likely N-dealkylation sites (tertiary alicyclic amines) is 1. The molecule has 164 valence electrons. The van der Waals surface area contributed by atoms with Crippen molar-refractivity contribution >= 4 is 29.9 Å². The van der Waals surface area contributed by atoms with Gasteiger partial charge in [-0.3, -0.25) is 14.8 Å². The highest BCUT2D eigenvalue weighted by Crippen LogP contribution is 2.26. The maximum atomic E-state index is 5.24. The van der Waals surface area contributed by atoms with Gasteiger partial charge < -0.3 is 15.4 Å². The standard InChI is InChI=1S/C22H37N5O.HI/c1-23-22(24-12-14-26(15-16-28-2)20-10-11-20)25-17-21-9-6-13-27(21)18-19-7-4-3-5-8-19;/h3-5,7-8,20-21H,6,9-18H2,1-2H3,(H2,23,24,25);1H. The zero-order valence-electron chi connectivity index (χ0n) is 18.0. The molecule has 1 atom stereocenters. The highest BCUT2D eigenvalue weighted by Gasteiger charge is 2.28. The quantitative estimate of drug-likeness (QED) is 0.270. The summed E-state index contributed by atoms with van der Waals surface area (Å²) in [6, 6.07) is 12.1. The van der Waals surface area contributed by atoms with E-state index in [1.54, 1.807) is 7.11 Å². The Morgan fingerprint density at radius 3 is 2.66 bits per heavy atom. The van der Waals surface area contributed by atoms with E-state index < -0.39 is 0 Å². The van der Waals surface area contributed by atoms with Crippen molar-refractivity contribution in [2.24, 2.45) is 4.99 Å². The third-order valence-electron chi connectivity index (χ3n) is 5.79. The second kappa shape index (κ2) is 13.4. The van der Waals surface area contributed by atoms with Crippen LogP contribution in [0.15, 0.2) is 35.3 Å². The van der Waals surface area contributed by atoms with Gasteiger partial charge in [-0.05, 0) is 37.8 Å². The molecule has 1 saturated heterocycles. The minimum Gasteiger partial charge on any atom is -0.383 e. The maximum absolute atomic E-state index is 5.24. The van der Waals surface area contributed by atoms with E-state index in [0.29, 0.717) is 6.04 Å². The Kier molecular flexibility index (Phi) is 11.3. The molecule has 6 nitrogen and oxygen atoms in total. The summed E-state index contributed by atoms with van der Waals surface area (Å²) in [4.78, 5) is 9.53. The fourth-order valence-electron chi connectivity index (χ4n) is 4.03. The van der Waals surface area contributed by atoms with Crippen LogP contribution < -0.4 is 10.6 Å². The van der Waals surface area contributed by atoms with Crippen LogP contribution in [-0.4, -0.2) is 81.3 Å². The van der Waals surface area contributed by atoms with Gasteiger partial charge in [0.25, 0.3) is 0 Å². The number of rotatable bonds is 11. The first kappa shape index (κ1) is 24.4. The second-order valence-electron chi connectivity index (χ2n) is 7.89. The molecule has 1 aromatic carbocycles. The van der Waals surface area contributed by atoms with E-state index in [1.807, 2.05) is 7.05 Å². The average Bonchev–Trinajstić information content (AvgIpc) is 3.48. The molecule has 0 radical (unpaired) electrons. The van der Waals surface area contributed by atoms with Crippen LogP contribution in [0.5, 0.6) is 0 Å². The fraction of sp³-hybridized carbons (Fsp3) is 0.682. The lowest BCUT2D eigenvalue weighted by Gasteiger charge is -2.26. The van der Waals surface area contributed by atoms with E-state index in [1.165, 1.54) is 37.8 Å². The van der Waals surface area contributed by atoms with Gasteiger partial charge in [-0.15, -0.1) is 24.0 Å². The minimum atomic E-state index is 0. The van der Waals surface area contributed by atoms with E-state index in [9.17, 15) is 0 Å². The molecule has 2 aliphatic rings. The number of hydrogen-bond acceptors (Lipinski definition) is 4. The molecule has 2 fully saturated rings. The summed E-state index contributed by atoms with van der Waals surface area (Å²) in [6.45, 7) is 6.95. The van der Waals surface area contributed by atoms with Crippen molar-refractivity contribution in [2.75, 3.05) is 53.5 Å². The Morgan fingerprint density at radius 2 is 1.97 bits per heavy atom. The highest BCUT2D eigenvalue weighted by molar-refractivity contribution is 14.0. The largest absolute Gasteiger partial charge is 0.383 e. The van der Waals surface area contributed by atoms with Crippen LogP contribution in [0.1, 0.15) is 31.2 Å².